The first-order valence-corrected chi connectivity index (χ1v) is 3.64. The molecule has 1 fully saturated rings. The van der Waals surface area contributed by atoms with E-state index in [1.165, 1.54) is 12.0 Å². The molecule has 0 unspecified atom stereocenters. The molecule has 0 amide bonds. The van der Waals surface area contributed by atoms with Crippen LogP contribution in [-0.4, -0.2) is 12.7 Å². The number of hydrogen-bond acceptors (Lipinski definition) is 1. The summed E-state index contributed by atoms with van der Waals surface area (Å²) >= 11 is 0. The van der Waals surface area contributed by atoms with Crippen LogP contribution in [0.25, 0.3) is 0 Å². The third kappa shape index (κ3) is 1.55. The maximum Gasteiger partial charge on any atom is 0.0783 e. The van der Waals surface area contributed by atoms with Crippen LogP contribution in [0.3, 0.4) is 0 Å². The summed E-state index contributed by atoms with van der Waals surface area (Å²) < 4.78 is 5.41. The van der Waals surface area contributed by atoms with E-state index in [0.29, 0.717) is 6.10 Å². The minimum atomic E-state index is 0.384. The van der Waals surface area contributed by atoms with Crippen molar-refractivity contribution < 1.29 is 4.74 Å². The van der Waals surface area contributed by atoms with Gasteiger partial charge in [-0.25, -0.2) is 0 Å². The van der Waals surface area contributed by atoms with Crippen LogP contribution >= 0.6 is 0 Å². The Kier molecular flexibility index (Phi) is 2.29. The van der Waals surface area contributed by atoms with E-state index in [1.54, 1.807) is 0 Å². The van der Waals surface area contributed by atoms with E-state index in [2.05, 4.69) is 13.5 Å². The lowest BCUT2D eigenvalue weighted by Gasteiger charge is -2.07. The van der Waals surface area contributed by atoms with E-state index in [0.717, 1.165) is 19.4 Å². The fourth-order valence-electron chi connectivity index (χ4n) is 1.16. The van der Waals surface area contributed by atoms with Gasteiger partial charge in [-0.1, -0.05) is 19.9 Å². The molecule has 1 aliphatic heterocycles. The van der Waals surface area contributed by atoms with Gasteiger partial charge in [0.05, 0.1) is 12.7 Å². The molecule has 0 saturated carbocycles. The summed E-state index contributed by atoms with van der Waals surface area (Å²) in [6.45, 7) is 7.00. The SMILES string of the molecule is C=C1CCO[C@H]1CCC. The zero-order valence-electron chi connectivity index (χ0n) is 6.02. The molecule has 9 heavy (non-hydrogen) atoms. The van der Waals surface area contributed by atoms with Crippen LogP contribution in [0.5, 0.6) is 0 Å². The Morgan fingerprint density at radius 1 is 1.78 bits per heavy atom. The predicted octanol–water partition coefficient (Wildman–Crippen LogP) is 2.13. The highest BCUT2D eigenvalue weighted by Crippen LogP contribution is 2.21. The minimum Gasteiger partial charge on any atom is -0.374 e. The molecule has 52 valence electrons. The summed E-state index contributed by atoms with van der Waals surface area (Å²) in [5, 5.41) is 0. The molecule has 0 N–H and O–H groups in total. The van der Waals surface area contributed by atoms with Gasteiger partial charge in [-0.15, -0.1) is 0 Å². The van der Waals surface area contributed by atoms with Crippen molar-refractivity contribution >= 4 is 0 Å². The lowest BCUT2D eigenvalue weighted by molar-refractivity contribution is 0.117. The van der Waals surface area contributed by atoms with Crippen molar-refractivity contribution in [2.24, 2.45) is 0 Å². The Morgan fingerprint density at radius 3 is 3.00 bits per heavy atom. The van der Waals surface area contributed by atoms with Gasteiger partial charge < -0.3 is 4.74 Å². The molecule has 0 aliphatic carbocycles. The molecule has 1 heterocycles. The van der Waals surface area contributed by atoms with Crippen molar-refractivity contribution in [2.45, 2.75) is 32.3 Å². The fourth-order valence-corrected chi connectivity index (χ4v) is 1.16. The second-order valence-corrected chi connectivity index (χ2v) is 2.56. The Balaban J connectivity index is 2.31. The second-order valence-electron chi connectivity index (χ2n) is 2.56. The van der Waals surface area contributed by atoms with Gasteiger partial charge >= 0.3 is 0 Å². The molecule has 0 aromatic carbocycles. The van der Waals surface area contributed by atoms with Crippen molar-refractivity contribution in [2.75, 3.05) is 6.61 Å². The van der Waals surface area contributed by atoms with Gasteiger partial charge in [0.1, 0.15) is 0 Å². The van der Waals surface area contributed by atoms with Crippen molar-refractivity contribution in [1.29, 1.82) is 0 Å². The summed E-state index contributed by atoms with van der Waals surface area (Å²) in [4.78, 5) is 0. The van der Waals surface area contributed by atoms with Crippen LogP contribution in [0, 0.1) is 0 Å². The summed E-state index contributed by atoms with van der Waals surface area (Å²) in [6, 6.07) is 0. The first kappa shape index (κ1) is 6.81. The first-order chi connectivity index (χ1) is 4.34. The predicted molar refractivity (Wildman–Crippen MR) is 38.4 cm³/mol. The summed E-state index contributed by atoms with van der Waals surface area (Å²) in [5.41, 5.74) is 1.29. The molecule has 1 atom stereocenters. The third-order valence-corrected chi connectivity index (χ3v) is 1.75. The van der Waals surface area contributed by atoms with Crippen LogP contribution in [0.15, 0.2) is 12.2 Å². The lowest BCUT2D eigenvalue weighted by atomic mass is 10.1. The highest BCUT2D eigenvalue weighted by atomic mass is 16.5. The van der Waals surface area contributed by atoms with E-state index in [9.17, 15) is 0 Å². The average molecular weight is 126 g/mol. The van der Waals surface area contributed by atoms with Crippen molar-refractivity contribution in [3.8, 4) is 0 Å². The molecule has 0 spiro atoms. The van der Waals surface area contributed by atoms with Crippen LogP contribution in [-0.2, 0) is 4.74 Å². The normalized spacial score (nSPS) is 27.2. The molecule has 1 heteroatoms. The van der Waals surface area contributed by atoms with Gasteiger partial charge in [0, 0.05) is 0 Å². The number of hydrogen-bond donors (Lipinski definition) is 0. The van der Waals surface area contributed by atoms with E-state index >= 15 is 0 Å². The standard InChI is InChI=1S/C8H14O/c1-3-4-8-7(2)5-6-9-8/h8H,2-6H2,1H3/t8-/m0/s1. The molecular formula is C8H14O. The topological polar surface area (TPSA) is 9.23 Å². The van der Waals surface area contributed by atoms with Gasteiger partial charge in [-0.05, 0) is 18.4 Å². The first-order valence-electron chi connectivity index (χ1n) is 3.64. The Labute approximate surface area is 56.7 Å². The van der Waals surface area contributed by atoms with Crippen LogP contribution in [0.1, 0.15) is 26.2 Å². The van der Waals surface area contributed by atoms with E-state index in [-0.39, 0.29) is 0 Å². The Morgan fingerprint density at radius 2 is 2.56 bits per heavy atom. The molecule has 1 rings (SSSR count). The minimum absolute atomic E-state index is 0.384. The molecule has 1 saturated heterocycles. The van der Waals surface area contributed by atoms with E-state index in [1.807, 2.05) is 0 Å². The molecule has 0 aromatic heterocycles. The third-order valence-electron chi connectivity index (χ3n) is 1.75. The summed E-state index contributed by atoms with van der Waals surface area (Å²) in [7, 11) is 0. The Hall–Kier alpha value is -0.300. The maximum atomic E-state index is 5.41. The fraction of sp³-hybridized carbons (Fsp3) is 0.750. The van der Waals surface area contributed by atoms with Gasteiger partial charge in [0.25, 0.3) is 0 Å². The lowest BCUT2D eigenvalue weighted by Crippen LogP contribution is -2.05. The maximum absolute atomic E-state index is 5.41. The number of rotatable bonds is 2. The van der Waals surface area contributed by atoms with Crippen molar-refractivity contribution in [3.63, 3.8) is 0 Å². The van der Waals surface area contributed by atoms with Crippen LogP contribution in [0.4, 0.5) is 0 Å². The van der Waals surface area contributed by atoms with Crippen LogP contribution in [0.2, 0.25) is 0 Å². The second kappa shape index (κ2) is 3.02. The molecule has 1 nitrogen and oxygen atoms in total. The zero-order valence-corrected chi connectivity index (χ0v) is 6.02. The zero-order chi connectivity index (χ0) is 6.69. The molecule has 1 aliphatic rings. The van der Waals surface area contributed by atoms with E-state index in [4.69, 9.17) is 4.74 Å². The average Bonchev–Trinajstić information content (AvgIpc) is 2.18. The van der Waals surface area contributed by atoms with Gasteiger partial charge in [0.15, 0.2) is 0 Å². The highest BCUT2D eigenvalue weighted by molar-refractivity contribution is 5.05. The van der Waals surface area contributed by atoms with Gasteiger partial charge in [-0.2, -0.15) is 0 Å². The van der Waals surface area contributed by atoms with Crippen LogP contribution < -0.4 is 0 Å². The molecule has 0 radical (unpaired) electrons. The molecule has 0 bridgehead atoms. The highest BCUT2D eigenvalue weighted by Gasteiger charge is 2.17. The smallest absolute Gasteiger partial charge is 0.0783 e. The van der Waals surface area contributed by atoms with E-state index < -0.39 is 0 Å². The monoisotopic (exact) mass is 126 g/mol. The van der Waals surface area contributed by atoms with Crippen molar-refractivity contribution in [3.05, 3.63) is 12.2 Å². The quantitative estimate of drug-likeness (QED) is 0.515. The number of ether oxygens (including phenoxy) is 1. The summed E-state index contributed by atoms with van der Waals surface area (Å²) in [5.74, 6) is 0. The molecular weight excluding hydrogens is 112 g/mol. The largest absolute Gasteiger partial charge is 0.374 e. The Bertz CT molecular complexity index is 107. The van der Waals surface area contributed by atoms with Gasteiger partial charge in [0.2, 0.25) is 0 Å². The molecule has 0 aromatic rings. The van der Waals surface area contributed by atoms with Crippen molar-refractivity contribution in [1.82, 2.24) is 0 Å². The van der Waals surface area contributed by atoms with Gasteiger partial charge in [-0.3, -0.25) is 0 Å². The summed E-state index contributed by atoms with van der Waals surface area (Å²) in [6.07, 6.45) is 3.81.